The van der Waals surface area contributed by atoms with E-state index in [0.717, 1.165) is 18.7 Å². The molecule has 0 fully saturated rings. The highest BCUT2D eigenvalue weighted by atomic mass is 19.1. The van der Waals surface area contributed by atoms with Crippen LogP contribution in [0.25, 0.3) is 0 Å². The predicted octanol–water partition coefficient (Wildman–Crippen LogP) is 3.03. The number of halogens is 1. The Balaban J connectivity index is 2.99. The minimum Gasteiger partial charge on any atom is -0.399 e. The average molecular weight is 210 g/mol. The minimum atomic E-state index is -0.272. The maximum absolute atomic E-state index is 13.2. The van der Waals surface area contributed by atoms with Crippen molar-refractivity contribution in [2.24, 2.45) is 0 Å². The van der Waals surface area contributed by atoms with Crippen molar-refractivity contribution < 1.29 is 4.39 Å². The Morgan fingerprint density at radius 3 is 2.47 bits per heavy atom. The van der Waals surface area contributed by atoms with E-state index < -0.39 is 0 Å². The molecule has 2 N–H and O–H groups in total. The molecular weight excluding hydrogens is 191 g/mol. The first-order valence-corrected chi connectivity index (χ1v) is 5.37. The van der Waals surface area contributed by atoms with E-state index in [2.05, 4.69) is 25.7 Å². The quantitative estimate of drug-likeness (QED) is 0.774. The van der Waals surface area contributed by atoms with Crippen LogP contribution in [0.3, 0.4) is 0 Å². The van der Waals surface area contributed by atoms with Gasteiger partial charge < -0.3 is 10.6 Å². The van der Waals surface area contributed by atoms with Crippen molar-refractivity contribution >= 4 is 11.4 Å². The summed E-state index contributed by atoms with van der Waals surface area (Å²) in [6, 6.07) is 5.05. The van der Waals surface area contributed by atoms with Gasteiger partial charge in [-0.15, -0.1) is 0 Å². The summed E-state index contributed by atoms with van der Waals surface area (Å²) in [6.07, 6.45) is 1.04. The molecule has 15 heavy (non-hydrogen) atoms. The Bertz CT molecular complexity index is 303. The fourth-order valence-corrected chi connectivity index (χ4v) is 1.69. The Labute approximate surface area is 90.9 Å². The summed E-state index contributed by atoms with van der Waals surface area (Å²) in [6.45, 7) is 7.21. The molecule has 0 aliphatic heterocycles. The van der Waals surface area contributed by atoms with Gasteiger partial charge in [-0.1, -0.05) is 6.92 Å². The number of anilines is 2. The van der Waals surface area contributed by atoms with Gasteiger partial charge >= 0.3 is 0 Å². The first-order valence-electron chi connectivity index (χ1n) is 5.37. The van der Waals surface area contributed by atoms with E-state index in [1.165, 1.54) is 12.1 Å². The summed E-state index contributed by atoms with van der Waals surface area (Å²) in [5.74, 6) is -0.272. The van der Waals surface area contributed by atoms with Crippen molar-refractivity contribution in [2.45, 2.75) is 33.2 Å². The lowest BCUT2D eigenvalue weighted by Crippen LogP contribution is -2.31. The molecule has 0 aliphatic carbocycles. The highest BCUT2D eigenvalue weighted by Crippen LogP contribution is 2.22. The number of nitrogens with two attached hydrogens (primary N) is 1. The van der Waals surface area contributed by atoms with E-state index >= 15 is 0 Å². The fraction of sp³-hybridized carbons (Fsp3) is 0.500. The standard InChI is InChI=1S/C12H19FN2/c1-4-5-15(9(2)3)12-7-10(13)6-11(14)8-12/h6-9H,4-5,14H2,1-3H3. The van der Waals surface area contributed by atoms with Crippen molar-refractivity contribution in [3.63, 3.8) is 0 Å². The molecule has 3 heteroatoms. The van der Waals surface area contributed by atoms with Crippen molar-refractivity contribution in [2.75, 3.05) is 17.2 Å². The van der Waals surface area contributed by atoms with Gasteiger partial charge in [-0.05, 0) is 38.5 Å². The summed E-state index contributed by atoms with van der Waals surface area (Å²) in [4.78, 5) is 2.15. The molecule has 0 amide bonds. The maximum Gasteiger partial charge on any atom is 0.127 e. The molecule has 0 spiro atoms. The lowest BCUT2D eigenvalue weighted by atomic mass is 10.2. The van der Waals surface area contributed by atoms with Gasteiger partial charge in [0.05, 0.1) is 0 Å². The molecule has 0 atom stereocenters. The van der Waals surface area contributed by atoms with Crippen molar-refractivity contribution in [3.8, 4) is 0 Å². The van der Waals surface area contributed by atoms with Gasteiger partial charge in [0.15, 0.2) is 0 Å². The van der Waals surface area contributed by atoms with Gasteiger partial charge in [0, 0.05) is 24.0 Å². The summed E-state index contributed by atoms with van der Waals surface area (Å²) in [5, 5.41) is 0. The molecule has 84 valence electrons. The Kier molecular flexibility index (Phi) is 3.95. The largest absolute Gasteiger partial charge is 0.399 e. The van der Waals surface area contributed by atoms with Gasteiger partial charge in [0.2, 0.25) is 0 Å². The molecular formula is C12H19FN2. The molecule has 0 aliphatic rings. The van der Waals surface area contributed by atoms with Crippen molar-refractivity contribution in [1.29, 1.82) is 0 Å². The Hall–Kier alpha value is -1.25. The molecule has 0 heterocycles. The van der Waals surface area contributed by atoms with E-state index in [-0.39, 0.29) is 5.82 Å². The van der Waals surface area contributed by atoms with Crippen LogP contribution in [-0.2, 0) is 0 Å². The van der Waals surface area contributed by atoms with Gasteiger partial charge in [-0.3, -0.25) is 0 Å². The molecule has 0 saturated heterocycles. The number of rotatable bonds is 4. The second-order valence-corrected chi connectivity index (χ2v) is 4.03. The van der Waals surface area contributed by atoms with Crippen LogP contribution in [-0.4, -0.2) is 12.6 Å². The van der Waals surface area contributed by atoms with Gasteiger partial charge in [-0.2, -0.15) is 0 Å². The van der Waals surface area contributed by atoms with Gasteiger partial charge in [0.25, 0.3) is 0 Å². The molecule has 2 nitrogen and oxygen atoms in total. The topological polar surface area (TPSA) is 29.3 Å². The molecule has 1 aromatic rings. The smallest absolute Gasteiger partial charge is 0.127 e. The number of hydrogen-bond donors (Lipinski definition) is 1. The monoisotopic (exact) mass is 210 g/mol. The van der Waals surface area contributed by atoms with E-state index in [9.17, 15) is 4.39 Å². The second-order valence-electron chi connectivity index (χ2n) is 4.03. The first kappa shape index (κ1) is 11.8. The van der Waals surface area contributed by atoms with Crippen LogP contribution in [0.5, 0.6) is 0 Å². The molecule has 0 radical (unpaired) electrons. The van der Waals surface area contributed by atoms with E-state index in [4.69, 9.17) is 5.73 Å². The summed E-state index contributed by atoms with van der Waals surface area (Å²) < 4.78 is 13.2. The van der Waals surface area contributed by atoms with Crippen molar-refractivity contribution in [1.82, 2.24) is 0 Å². The van der Waals surface area contributed by atoms with Crippen LogP contribution in [0.15, 0.2) is 18.2 Å². The highest BCUT2D eigenvalue weighted by Gasteiger charge is 2.10. The summed E-state index contributed by atoms with van der Waals surface area (Å²) in [5.41, 5.74) is 6.97. The molecule has 0 bridgehead atoms. The zero-order valence-electron chi connectivity index (χ0n) is 9.63. The third-order valence-electron chi connectivity index (χ3n) is 2.32. The van der Waals surface area contributed by atoms with Crippen molar-refractivity contribution in [3.05, 3.63) is 24.0 Å². The van der Waals surface area contributed by atoms with Crippen LogP contribution in [0, 0.1) is 5.82 Å². The van der Waals surface area contributed by atoms with E-state index in [1.807, 2.05) is 6.07 Å². The zero-order valence-corrected chi connectivity index (χ0v) is 9.63. The number of hydrogen-bond acceptors (Lipinski definition) is 2. The number of nitrogens with zero attached hydrogens (tertiary/aromatic N) is 1. The van der Waals surface area contributed by atoms with Crippen LogP contribution >= 0.6 is 0 Å². The molecule has 1 aromatic carbocycles. The second kappa shape index (κ2) is 5.01. The average Bonchev–Trinajstić information content (AvgIpc) is 2.11. The predicted molar refractivity (Wildman–Crippen MR) is 63.6 cm³/mol. The number of nitrogen functional groups attached to an aromatic ring is 1. The fourth-order valence-electron chi connectivity index (χ4n) is 1.69. The Morgan fingerprint density at radius 2 is 2.00 bits per heavy atom. The molecule has 1 rings (SSSR count). The lowest BCUT2D eigenvalue weighted by Gasteiger charge is -2.28. The highest BCUT2D eigenvalue weighted by molar-refractivity contribution is 5.56. The summed E-state index contributed by atoms with van der Waals surface area (Å²) in [7, 11) is 0. The molecule has 0 aromatic heterocycles. The van der Waals surface area contributed by atoms with Crippen LogP contribution < -0.4 is 10.6 Å². The summed E-state index contributed by atoms with van der Waals surface area (Å²) >= 11 is 0. The third kappa shape index (κ3) is 3.11. The first-order chi connectivity index (χ1) is 7.04. The maximum atomic E-state index is 13.2. The molecule has 0 unspecified atom stereocenters. The minimum absolute atomic E-state index is 0.272. The molecule has 0 saturated carbocycles. The lowest BCUT2D eigenvalue weighted by molar-refractivity contribution is 0.622. The van der Waals surface area contributed by atoms with E-state index in [0.29, 0.717) is 11.7 Å². The number of benzene rings is 1. The van der Waals surface area contributed by atoms with Gasteiger partial charge in [0.1, 0.15) is 5.82 Å². The zero-order chi connectivity index (χ0) is 11.4. The van der Waals surface area contributed by atoms with Gasteiger partial charge in [-0.25, -0.2) is 4.39 Å². The normalized spacial score (nSPS) is 10.7. The SMILES string of the molecule is CCCN(c1cc(N)cc(F)c1)C(C)C. The van der Waals surface area contributed by atoms with Crippen LogP contribution in [0.1, 0.15) is 27.2 Å². The van der Waals surface area contributed by atoms with E-state index in [1.54, 1.807) is 0 Å². The van der Waals surface area contributed by atoms with Crippen LogP contribution in [0.2, 0.25) is 0 Å². The third-order valence-corrected chi connectivity index (χ3v) is 2.32. The van der Waals surface area contributed by atoms with Crippen LogP contribution in [0.4, 0.5) is 15.8 Å². The Morgan fingerprint density at radius 1 is 1.33 bits per heavy atom.